The Morgan fingerprint density at radius 1 is 0.412 bits per heavy atom. The van der Waals surface area contributed by atoms with Crippen molar-refractivity contribution >= 4 is 106 Å². The predicted molar refractivity (Wildman–Crippen MR) is 514 cm³/mol. The number of nitrogens with one attached hydrogen (secondary N) is 9. The molecule has 4 fully saturated rings. The Bertz CT molecular complexity index is 6070. The van der Waals surface area contributed by atoms with E-state index in [1.807, 2.05) is 57.7 Å². The highest BCUT2D eigenvalue weighted by molar-refractivity contribution is 9.10. The second-order valence-electron chi connectivity index (χ2n) is 38.3. The average molecular weight is 1970 g/mol. The molecule has 0 bridgehead atoms. The molecule has 6 aliphatic carbocycles. The van der Waals surface area contributed by atoms with E-state index in [0.717, 1.165) is 103 Å². The minimum atomic E-state index is -4.41. The number of nitrogens with two attached hydrogens (primary N) is 1. The summed E-state index contributed by atoms with van der Waals surface area (Å²) in [7, 11) is 10.3. The van der Waals surface area contributed by atoms with Gasteiger partial charge >= 0.3 is 48.8 Å². The van der Waals surface area contributed by atoms with Crippen molar-refractivity contribution in [2.45, 2.75) is 216 Å². The van der Waals surface area contributed by atoms with Gasteiger partial charge < -0.3 is 86.2 Å². The van der Waals surface area contributed by atoms with Crippen molar-refractivity contribution in [2.75, 3.05) is 120 Å². The van der Waals surface area contributed by atoms with Crippen molar-refractivity contribution in [3.05, 3.63) is 188 Å². The first kappa shape index (κ1) is 100. The van der Waals surface area contributed by atoms with Gasteiger partial charge in [-0.1, -0.05) is 87.7 Å². The van der Waals surface area contributed by atoms with Crippen LogP contribution in [0.3, 0.4) is 0 Å². The molecule has 5 aromatic carbocycles. The van der Waals surface area contributed by atoms with Crippen LogP contribution in [0.4, 0.5) is 71.9 Å². The zero-order chi connectivity index (χ0) is 95.2. The Balaban J connectivity index is 0.000000130. The van der Waals surface area contributed by atoms with Crippen LogP contribution in [0.25, 0.3) is 65.7 Å². The molecule has 0 unspecified atom stereocenters. The number of carbonyl (C=O) groups excluding carboxylic acids is 4. The van der Waals surface area contributed by atoms with Crippen molar-refractivity contribution in [3.63, 3.8) is 0 Å². The van der Waals surface area contributed by atoms with Gasteiger partial charge in [0.15, 0.2) is 0 Å². The zero-order valence-corrected chi connectivity index (χ0v) is 78.1. The topological polar surface area (TPSA) is 251 Å². The highest BCUT2D eigenvalue weighted by Crippen LogP contribution is 2.52. The van der Waals surface area contributed by atoms with Gasteiger partial charge in [0, 0.05) is 210 Å². The third-order valence-corrected chi connectivity index (χ3v) is 30.1. The number of alkyl halides is 12. The van der Waals surface area contributed by atoms with Crippen LogP contribution in [-0.2, 0) is 32.1 Å². The van der Waals surface area contributed by atoms with Crippen molar-refractivity contribution in [3.8, 4) is 0 Å². The molecule has 36 heteroatoms. The molecule has 1 saturated carbocycles. The van der Waals surface area contributed by atoms with E-state index >= 15 is 0 Å². The predicted octanol–water partition coefficient (Wildman–Crippen LogP) is 18.5. The first-order chi connectivity index (χ1) is 63.7. The van der Waals surface area contributed by atoms with Crippen LogP contribution in [0.2, 0.25) is 0 Å². The minimum Gasteiger partial charge on any atom is -0.361 e. The lowest BCUT2D eigenvalue weighted by atomic mass is 9.73. The maximum Gasteiger partial charge on any atom is 0.406 e. The summed E-state index contributed by atoms with van der Waals surface area (Å²) in [6.45, 7) is 4.75. The fourth-order valence-electron chi connectivity index (χ4n) is 23.3. The summed E-state index contributed by atoms with van der Waals surface area (Å²) in [6, 6.07) is 29.7. The number of nitrogens with zero attached hydrogens (tertiary/aromatic N) is 9. The molecule has 10 heterocycles. The number of urea groups is 4. The van der Waals surface area contributed by atoms with E-state index < -0.39 is 75.0 Å². The Hall–Kier alpha value is -10.2. The van der Waals surface area contributed by atoms with Crippen LogP contribution in [0.1, 0.15) is 160 Å². The van der Waals surface area contributed by atoms with Gasteiger partial charge in [-0.25, -0.2) is 19.2 Å². The summed E-state index contributed by atoms with van der Waals surface area (Å²) >= 11 is 3.64. The number of benzene rings is 5. The van der Waals surface area contributed by atoms with E-state index in [9.17, 15) is 71.9 Å². The summed E-state index contributed by atoms with van der Waals surface area (Å²) in [5.41, 5.74) is 28.8. The second-order valence-corrected chi connectivity index (χ2v) is 39.1. The first-order valence-corrected chi connectivity index (χ1v) is 47.4. The lowest BCUT2D eigenvalue weighted by Gasteiger charge is -2.46. The molecule has 11 aliphatic rings. The fourth-order valence-corrected chi connectivity index (χ4v) is 23.8. The Morgan fingerprint density at radius 3 is 1.17 bits per heavy atom. The molecular weight excluding hydrogens is 1840 g/mol. The van der Waals surface area contributed by atoms with Crippen LogP contribution in [0.5, 0.6) is 0 Å². The van der Waals surface area contributed by atoms with Crippen LogP contribution >= 0.6 is 15.9 Å². The monoisotopic (exact) mass is 1960 g/mol. The lowest BCUT2D eigenvalue weighted by molar-refractivity contribution is -0.140. The molecule has 21 rings (SSSR count). The van der Waals surface area contributed by atoms with E-state index in [1.54, 1.807) is 27.7 Å². The van der Waals surface area contributed by atoms with Gasteiger partial charge in [0.05, 0.1) is 10.6 Å². The Labute approximate surface area is 792 Å². The number of likely N-dealkylation sites (tertiary alicyclic amines) is 3. The summed E-state index contributed by atoms with van der Waals surface area (Å²) in [5, 5.41) is 17.7. The van der Waals surface area contributed by atoms with Gasteiger partial charge in [0.1, 0.15) is 26.2 Å². The van der Waals surface area contributed by atoms with Gasteiger partial charge in [0.25, 0.3) is 0 Å². The van der Waals surface area contributed by atoms with E-state index in [1.165, 1.54) is 112 Å². The van der Waals surface area contributed by atoms with E-state index in [0.29, 0.717) is 62.7 Å². The number of H-pyrrole nitrogens is 5. The van der Waals surface area contributed by atoms with Crippen LogP contribution < -0.4 is 27.0 Å². The molecule has 736 valence electrons. The lowest BCUT2D eigenvalue weighted by Crippen LogP contribution is -2.57. The van der Waals surface area contributed by atoms with Gasteiger partial charge in [0.2, 0.25) is 0 Å². The molecule has 5 aromatic heterocycles. The maximum atomic E-state index is 12.8. The number of rotatable bonds is 13. The molecular formula is C100H126BrF12N19O4. The van der Waals surface area contributed by atoms with E-state index in [2.05, 4.69) is 186 Å². The molecule has 3 saturated heterocycles. The average Bonchev–Trinajstić information content (AvgIpc) is 1.58. The number of hydrogen-bond donors (Lipinski definition) is 10. The SMILES string of the molecule is C.C.CCN(CC(F)(F)F)C(=O)N[C@H]1C=C2c3cccc4[nH]cc(c34)C[C@H]2N(C)C1.CCN(CC(F)(F)F)C(=O)N[C@H]1C[C@@H]2c3cccc4[nH]c(Br)c(c34)C[C@H]2N(C)C1.CCN(CC(F)(F)F)C(=O)N[C@H]1C[C@@H]2c3cccc4[nH]c(C5CC5)c(c34)C[C@H]2N(C)C1.CCN(CC(F)(F)F)C(=O)N[C@H]1C[C@@H]2c3cccc4[nH]cc(c34)C[C@H]2N(C)C1.CN1C[C@@H](N)C=C2c3cccc4[nH]cc(c34)C[C@H]21. The number of amides is 8. The molecule has 10 aromatic rings. The van der Waals surface area contributed by atoms with Gasteiger partial charge in [-0.05, 0) is 246 Å². The molecule has 0 spiro atoms. The largest absolute Gasteiger partial charge is 0.406 e. The van der Waals surface area contributed by atoms with Crippen molar-refractivity contribution in [1.82, 2.24) is 90.3 Å². The number of aromatic amines is 5. The summed E-state index contributed by atoms with van der Waals surface area (Å²) in [5.74, 6) is 1.37. The molecule has 11 N–H and O–H groups in total. The number of likely N-dealkylation sites (N-methyl/N-ethyl adjacent to an activating group) is 5. The Morgan fingerprint density at radius 2 is 0.757 bits per heavy atom. The third-order valence-electron chi connectivity index (χ3n) is 29.4. The van der Waals surface area contributed by atoms with Gasteiger partial charge in [-0.2, -0.15) is 52.7 Å². The number of fused-ring (bicyclic) bond motifs is 10. The standard InChI is InChI=1S/C23H29F3N4O.C20H24BrF3N4O.C20H25F3N4O.C20H23F3N4O.C15H17N3.2CH4/c1-3-30(12-23(24,25)26)22(31)27-14-9-16-15-5-4-6-18-20(15)17(10-19(16)29(2)11-14)21(28-18)13-7-8-13;1-3-28(10-20(22,23)24)19(29)25-11-7-13-12-5-4-6-15-17(12)14(18(21)26-15)8-16(13)27(2)9-11;2*1-3-27(11-20(21,22)23)19(28)25-13-8-15-14-5-4-6-16-18(14)12(9-24-16)7-17(15)26(2)10-13;1-18-8-10(16)6-12-11-3-2-4-13-15(11)9(7-17-13)5-14(12)18;;/h4-6,13-14,16,19,28H,3,7-12H2,1-2H3,(H,27,31);4-6,11,13,16,26H,3,7-10H2,1-2H3,(H,25,29);4-6,9,13,15,17,24H,3,7-8,10-11H2,1-2H3,(H,25,28);4-6,8-9,13,17,24H,3,7,10-11H2,1-2H3,(H,25,28);2-4,6-7,10,14,17H,5,8,16H2,1H3;2*1H4/t14-,16+,19+;11-,13+,16+;13-,15+,17+;13-,17+;10-,14+;;/m00000../s1. The Kier molecular flexibility index (Phi) is 29.4. The fraction of sp³-hybridized carbons (Fsp3) is 0.520. The third kappa shape index (κ3) is 21.0. The number of hydrogen-bond acceptors (Lipinski definition) is 10. The summed E-state index contributed by atoms with van der Waals surface area (Å²) in [6.07, 6.45) is 2.40. The van der Waals surface area contributed by atoms with Crippen LogP contribution in [-0.4, -0.2) is 299 Å². The van der Waals surface area contributed by atoms with E-state index in [-0.39, 0.29) is 95.0 Å². The number of aromatic nitrogens is 5. The number of halogens is 13. The van der Waals surface area contributed by atoms with Crippen molar-refractivity contribution in [2.24, 2.45) is 5.73 Å². The molecule has 23 nitrogen and oxygen atoms in total. The number of carbonyl (C=O) groups is 4. The highest BCUT2D eigenvalue weighted by atomic mass is 79.9. The van der Waals surface area contributed by atoms with Crippen LogP contribution in [0.15, 0.2) is 126 Å². The number of piperidine rings is 3. The normalized spacial score (nSPS) is 24.4. The smallest absolute Gasteiger partial charge is 0.361 e. The quantitative estimate of drug-likeness (QED) is 0.0489. The van der Waals surface area contributed by atoms with Crippen molar-refractivity contribution < 1.29 is 71.9 Å². The summed E-state index contributed by atoms with van der Waals surface area (Å²) < 4.78 is 154. The highest BCUT2D eigenvalue weighted by Gasteiger charge is 2.48. The maximum absolute atomic E-state index is 12.8. The van der Waals surface area contributed by atoms with Gasteiger partial charge in [-0.15, -0.1) is 0 Å². The van der Waals surface area contributed by atoms with Gasteiger partial charge in [-0.3, -0.25) is 9.80 Å². The minimum absolute atomic E-state index is 0. The van der Waals surface area contributed by atoms with E-state index in [4.69, 9.17) is 5.73 Å². The molecule has 8 amide bonds. The molecule has 13 atom stereocenters. The molecule has 136 heavy (non-hydrogen) atoms. The zero-order valence-electron chi connectivity index (χ0n) is 76.5. The van der Waals surface area contributed by atoms with Crippen molar-refractivity contribution in [1.29, 1.82) is 0 Å². The second kappa shape index (κ2) is 39.9. The first-order valence-electron chi connectivity index (χ1n) is 46.6. The van der Waals surface area contributed by atoms with Crippen LogP contribution in [0, 0.1) is 0 Å². The summed E-state index contributed by atoms with van der Waals surface area (Å²) in [4.78, 5) is 81.4. The molecule has 0 radical (unpaired) electrons. The molecule has 5 aliphatic heterocycles.